The van der Waals surface area contributed by atoms with Gasteiger partial charge in [-0.3, -0.25) is 9.78 Å². The van der Waals surface area contributed by atoms with Crippen LogP contribution >= 0.6 is 0 Å². The van der Waals surface area contributed by atoms with Crippen LogP contribution in [0.4, 0.5) is 4.79 Å². The number of hydrogen-bond donors (Lipinski definition) is 2. The molecule has 2 amide bonds. The fraction of sp³-hybridized carbons (Fsp3) is 0.533. The zero-order valence-electron chi connectivity index (χ0n) is 12.6. The molecule has 0 saturated carbocycles. The minimum Gasteiger partial charge on any atom is -0.460 e. The molecule has 0 atom stereocenters. The number of urea groups is 1. The van der Waals surface area contributed by atoms with Crippen LogP contribution in [0.1, 0.15) is 37.9 Å². The number of aromatic nitrogens is 1. The third kappa shape index (κ3) is 4.73. The van der Waals surface area contributed by atoms with Crippen LogP contribution in [-0.4, -0.2) is 35.7 Å². The Bertz CT molecular complexity index is 510. The average molecular weight is 291 g/mol. The molecule has 21 heavy (non-hydrogen) atoms. The highest BCUT2D eigenvalue weighted by Gasteiger charge is 2.20. The van der Waals surface area contributed by atoms with Crippen LogP contribution in [0.3, 0.4) is 0 Å². The number of rotatable bonds is 3. The molecule has 2 N–H and O–H groups in total. The van der Waals surface area contributed by atoms with E-state index in [1.54, 1.807) is 6.20 Å². The molecule has 0 aliphatic carbocycles. The number of carbonyl (C=O) groups excluding carboxylic acids is 2. The smallest absolute Gasteiger partial charge is 0.314 e. The molecule has 1 saturated heterocycles. The van der Waals surface area contributed by atoms with Crippen molar-refractivity contribution in [2.24, 2.45) is 0 Å². The highest BCUT2D eigenvalue weighted by molar-refractivity contribution is 5.75. The van der Waals surface area contributed by atoms with Crippen molar-refractivity contribution in [3.05, 3.63) is 29.6 Å². The number of ether oxygens (including phenoxy) is 1. The van der Waals surface area contributed by atoms with Crippen LogP contribution in [-0.2, 0) is 16.0 Å². The first-order valence-electron chi connectivity index (χ1n) is 7.02. The lowest BCUT2D eigenvalue weighted by molar-refractivity contribution is -0.153. The summed E-state index contributed by atoms with van der Waals surface area (Å²) in [5.74, 6) is -0.109. The van der Waals surface area contributed by atoms with Gasteiger partial charge in [-0.25, -0.2) is 4.79 Å². The molecule has 0 radical (unpaired) electrons. The maximum atomic E-state index is 11.7. The predicted molar refractivity (Wildman–Crippen MR) is 77.9 cm³/mol. The molecule has 1 aromatic heterocycles. The van der Waals surface area contributed by atoms with Crippen molar-refractivity contribution in [2.75, 3.05) is 13.1 Å². The van der Waals surface area contributed by atoms with Crippen LogP contribution in [0.15, 0.2) is 18.3 Å². The second-order valence-electron chi connectivity index (χ2n) is 6.14. The van der Waals surface area contributed by atoms with Gasteiger partial charge in [0.1, 0.15) is 5.60 Å². The summed E-state index contributed by atoms with van der Waals surface area (Å²) in [4.78, 5) is 27.2. The van der Waals surface area contributed by atoms with E-state index in [-0.39, 0.29) is 24.3 Å². The Hall–Kier alpha value is -2.11. The van der Waals surface area contributed by atoms with E-state index in [1.807, 2.05) is 32.9 Å². The summed E-state index contributed by atoms with van der Waals surface area (Å²) in [6, 6.07) is 3.62. The summed E-state index contributed by atoms with van der Waals surface area (Å²) in [6.07, 6.45) is 1.90. The minimum atomic E-state index is -0.476. The Morgan fingerprint density at radius 1 is 1.33 bits per heavy atom. The van der Waals surface area contributed by atoms with Gasteiger partial charge in [0, 0.05) is 30.9 Å². The van der Waals surface area contributed by atoms with Gasteiger partial charge in [-0.05, 0) is 32.4 Å². The molecule has 0 aromatic carbocycles. The Labute approximate surface area is 124 Å². The molecule has 6 nitrogen and oxygen atoms in total. The molecule has 0 unspecified atom stereocenters. The zero-order valence-corrected chi connectivity index (χ0v) is 12.6. The van der Waals surface area contributed by atoms with Crippen LogP contribution in [0.25, 0.3) is 0 Å². The molecular weight excluding hydrogens is 270 g/mol. The van der Waals surface area contributed by atoms with E-state index >= 15 is 0 Å². The number of hydrogen-bond acceptors (Lipinski definition) is 4. The number of nitrogens with one attached hydrogen (secondary N) is 2. The Balaban J connectivity index is 1.93. The lowest BCUT2D eigenvalue weighted by Crippen LogP contribution is -2.47. The van der Waals surface area contributed by atoms with Gasteiger partial charge < -0.3 is 15.4 Å². The fourth-order valence-corrected chi connectivity index (χ4v) is 2.10. The van der Waals surface area contributed by atoms with Crippen molar-refractivity contribution < 1.29 is 14.3 Å². The van der Waals surface area contributed by atoms with E-state index in [0.717, 1.165) is 11.3 Å². The summed E-state index contributed by atoms with van der Waals surface area (Å²) in [5, 5.41) is 5.48. The summed E-state index contributed by atoms with van der Waals surface area (Å²) in [5.41, 5.74) is 1.24. The van der Waals surface area contributed by atoms with E-state index in [1.165, 1.54) is 0 Å². The van der Waals surface area contributed by atoms with Crippen molar-refractivity contribution in [3.63, 3.8) is 0 Å². The van der Waals surface area contributed by atoms with Gasteiger partial charge in [0.2, 0.25) is 0 Å². The van der Waals surface area contributed by atoms with E-state index in [4.69, 9.17) is 4.74 Å². The summed E-state index contributed by atoms with van der Waals surface area (Å²) in [6.45, 7) is 6.68. The summed E-state index contributed by atoms with van der Waals surface area (Å²) >= 11 is 0. The fourth-order valence-electron chi connectivity index (χ4n) is 2.10. The van der Waals surface area contributed by atoms with Gasteiger partial charge >= 0.3 is 12.0 Å². The second-order valence-corrected chi connectivity index (χ2v) is 6.14. The standard InChI is InChI=1S/C15H21N3O3/c1-15(2,3)21-13(19)6-10-4-5-12(16-7-10)11-8-17-14(20)18-9-11/h4-5,7,11H,6,8-9H2,1-3H3,(H2,17,18,20). The Morgan fingerprint density at radius 3 is 2.52 bits per heavy atom. The van der Waals surface area contributed by atoms with Crippen molar-refractivity contribution in [1.29, 1.82) is 0 Å². The molecule has 0 bridgehead atoms. The summed E-state index contributed by atoms with van der Waals surface area (Å²) in [7, 11) is 0. The van der Waals surface area contributed by atoms with Crippen molar-refractivity contribution in [1.82, 2.24) is 15.6 Å². The largest absolute Gasteiger partial charge is 0.460 e. The quantitative estimate of drug-likeness (QED) is 0.824. The third-order valence-corrected chi connectivity index (χ3v) is 3.05. The number of amides is 2. The lowest BCUT2D eigenvalue weighted by Gasteiger charge is -2.23. The van der Waals surface area contributed by atoms with Crippen molar-refractivity contribution in [2.45, 2.75) is 38.7 Å². The van der Waals surface area contributed by atoms with Gasteiger partial charge in [0.15, 0.2) is 0 Å². The topological polar surface area (TPSA) is 80.3 Å². The van der Waals surface area contributed by atoms with Gasteiger partial charge in [-0.15, -0.1) is 0 Å². The first-order chi connectivity index (χ1) is 9.83. The molecule has 1 aliphatic rings. The molecule has 1 aromatic rings. The number of nitrogens with zero attached hydrogens (tertiary/aromatic N) is 1. The SMILES string of the molecule is CC(C)(C)OC(=O)Cc1ccc(C2CNC(=O)NC2)nc1. The van der Waals surface area contributed by atoms with E-state index in [0.29, 0.717) is 13.1 Å². The molecule has 2 heterocycles. The van der Waals surface area contributed by atoms with Gasteiger partial charge in [-0.1, -0.05) is 6.07 Å². The predicted octanol–water partition coefficient (Wildman–Crippen LogP) is 1.36. The van der Waals surface area contributed by atoms with E-state index < -0.39 is 5.60 Å². The van der Waals surface area contributed by atoms with Crippen LogP contribution in [0, 0.1) is 0 Å². The molecule has 1 aliphatic heterocycles. The van der Waals surface area contributed by atoms with Crippen LogP contribution < -0.4 is 10.6 Å². The first kappa shape index (κ1) is 15.3. The molecule has 114 valence electrons. The van der Waals surface area contributed by atoms with E-state index in [2.05, 4.69) is 15.6 Å². The van der Waals surface area contributed by atoms with Crippen molar-refractivity contribution in [3.8, 4) is 0 Å². The lowest BCUT2D eigenvalue weighted by atomic mass is 10.0. The monoisotopic (exact) mass is 291 g/mol. The molecule has 2 rings (SSSR count). The van der Waals surface area contributed by atoms with Crippen LogP contribution in [0.2, 0.25) is 0 Å². The molecule has 0 spiro atoms. The minimum absolute atomic E-state index is 0.146. The molecular formula is C15H21N3O3. The normalized spacial score (nSPS) is 16.0. The number of esters is 1. The van der Waals surface area contributed by atoms with Crippen LogP contribution in [0.5, 0.6) is 0 Å². The maximum absolute atomic E-state index is 11.7. The number of carbonyl (C=O) groups is 2. The molecule has 1 fully saturated rings. The Morgan fingerprint density at radius 2 is 2.00 bits per heavy atom. The van der Waals surface area contributed by atoms with Crippen molar-refractivity contribution >= 4 is 12.0 Å². The molecule has 6 heteroatoms. The number of pyridine rings is 1. The first-order valence-corrected chi connectivity index (χ1v) is 7.02. The Kier molecular flexibility index (Phi) is 4.45. The van der Waals surface area contributed by atoms with Gasteiger partial charge in [0.05, 0.1) is 6.42 Å². The van der Waals surface area contributed by atoms with Gasteiger partial charge in [0.25, 0.3) is 0 Å². The highest BCUT2D eigenvalue weighted by atomic mass is 16.6. The van der Waals surface area contributed by atoms with Gasteiger partial charge in [-0.2, -0.15) is 0 Å². The average Bonchev–Trinajstić information content (AvgIpc) is 2.38. The maximum Gasteiger partial charge on any atom is 0.314 e. The zero-order chi connectivity index (χ0) is 15.5. The second kappa shape index (κ2) is 6.11. The third-order valence-electron chi connectivity index (χ3n) is 3.05. The summed E-state index contributed by atoms with van der Waals surface area (Å²) < 4.78 is 5.28. The van der Waals surface area contributed by atoms with E-state index in [9.17, 15) is 9.59 Å². The highest BCUT2D eigenvalue weighted by Crippen LogP contribution is 2.15.